The molecule has 11 nitrogen and oxygen atoms in total. The molecule has 0 radical (unpaired) electrons. The molecular formula is C40H53FN4O7. The van der Waals surface area contributed by atoms with Crippen molar-refractivity contribution in [1.82, 2.24) is 20.9 Å². The van der Waals surface area contributed by atoms with E-state index in [0.29, 0.717) is 17.9 Å². The van der Waals surface area contributed by atoms with Gasteiger partial charge in [-0.05, 0) is 72.3 Å². The van der Waals surface area contributed by atoms with Crippen LogP contribution in [-0.4, -0.2) is 77.7 Å². The van der Waals surface area contributed by atoms with Gasteiger partial charge in [-0.15, -0.1) is 0 Å². The van der Waals surface area contributed by atoms with Gasteiger partial charge in [-0.1, -0.05) is 76.6 Å². The van der Waals surface area contributed by atoms with Gasteiger partial charge in [0.2, 0.25) is 17.7 Å². The molecule has 1 aliphatic rings. The molecule has 1 saturated carbocycles. The SMILES string of the molecule is COC(=O)NC(C(=O)NC(Cc1ccc(-c2ccc(OC)nc2)cc1)C(O)CC(Cc1ccccc1F)C(=O)NC1C(C)CCCC1O)C(C)(C)C. The quantitative estimate of drug-likeness (QED) is 0.156. The number of carbonyl (C=O) groups excluding carboxylic acids is 3. The van der Waals surface area contributed by atoms with E-state index in [2.05, 4.69) is 20.9 Å². The third-order valence-electron chi connectivity index (χ3n) is 9.87. The molecule has 1 aliphatic carbocycles. The molecule has 282 valence electrons. The number of amides is 3. The number of aromatic nitrogens is 1. The number of aliphatic hydroxyl groups excluding tert-OH is 2. The minimum absolute atomic E-state index is 0.00741. The summed E-state index contributed by atoms with van der Waals surface area (Å²) in [6, 6.07) is 15.0. The lowest BCUT2D eigenvalue weighted by Crippen LogP contribution is -2.58. The van der Waals surface area contributed by atoms with Crippen molar-refractivity contribution in [1.29, 1.82) is 0 Å². The topological polar surface area (TPSA) is 159 Å². The van der Waals surface area contributed by atoms with E-state index in [9.17, 15) is 29.0 Å². The Hall–Kier alpha value is -4.55. The summed E-state index contributed by atoms with van der Waals surface area (Å²) in [7, 11) is 2.75. The highest BCUT2D eigenvalue weighted by atomic mass is 19.1. The van der Waals surface area contributed by atoms with Gasteiger partial charge >= 0.3 is 6.09 Å². The van der Waals surface area contributed by atoms with Crippen molar-refractivity contribution < 1.29 is 38.5 Å². The summed E-state index contributed by atoms with van der Waals surface area (Å²) in [5.41, 5.74) is 2.14. The molecule has 12 heteroatoms. The molecule has 3 aromatic rings. The number of nitrogens with zero attached hydrogens (tertiary/aromatic N) is 1. The molecule has 1 fully saturated rings. The number of methoxy groups -OCH3 is 2. The number of rotatable bonds is 14. The van der Waals surface area contributed by atoms with Gasteiger partial charge in [0.15, 0.2) is 0 Å². The first-order chi connectivity index (χ1) is 24.7. The van der Waals surface area contributed by atoms with Gasteiger partial charge in [0.1, 0.15) is 11.9 Å². The normalized spacial score (nSPS) is 19.8. The maximum absolute atomic E-state index is 14.9. The van der Waals surface area contributed by atoms with Crippen LogP contribution >= 0.6 is 0 Å². The molecule has 7 unspecified atom stereocenters. The molecule has 4 rings (SSSR count). The lowest BCUT2D eigenvalue weighted by Gasteiger charge is -2.36. The highest BCUT2D eigenvalue weighted by molar-refractivity contribution is 5.86. The number of halogens is 1. The van der Waals surface area contributed by atoms with Crippen LogP contribution in [0.1, 0.15) is 64.5 Å². The first-order valence-corrected chi connectivity index (χ1v) is 17.8. The number of alkyl carbamates (subject to hydrolysis) is 1. The molecule has 0 saturated heterocycles. The van der Waals surface area contributed by atoms with Crippen molar-refractivity contribution in [2.75, 3.05) is 14.2 Å². The second kappa shape index (κ2) is 18.3. The molecule has 52 heavy (non-hydrogen) atoms. The second-order valence-corrected chi connectivity index (χ2v) is 14.8. The monoisotopic (exact) mass is 720 g/mol. The fourth-order valence-electron chi connectivity index (χ4n) is 6.74. The first-order valence-electron chi connectivity index (χ1n) is 17.8. The third kappa shape index (κ3) is 11.0. The first kappa shape index (κ1) is 40.2. The Morgan fingerprint density at radius 1 is 0.942 bits per heavy atom. The van der Waals surface area contributed by atoms with E-state index >= 15 is 0 Å². The van der Waals surface area contributed by atoms with Crippen molar-refractivity contribution in [2.45, 2.75) is 96.6 Å². The van der Waals surface area contributed by atoms with Crippen LogP contribution in [0.3, 0.4) is 0 Å². The summed E-state index contributed by atoms with van der Waals surface area (Å²) in [4.78, 5) is 44.3. The van der Waals surface area contributed by atoms with Crippen molar-refractivity contribution in [3.8, 4) is 17.0 Å². The standard InChI is InChI=1S/C40H53FN4O7/c1-24-10-9-13-32(46)35(24)44-37(48)29(21-27-11-7-8-12-30(27)41)22-33(47)31(43-38(49)36(40(2,3)4)45-39(50)52-6)20-25-14-16-26(17-15-25)28-18-19-34(51-5)42-23-28/h7-8,11-12,14-19,23-24,29,31-33,35-36,46-47H,9-10,13,20-22H2,1-6H3,(H,43,49)(H,44,48)(H,45,50). The van der Waals surface area contributed by atoms with Crippen LogP contribution in [-0.2, 0) is 27.2 Å². The minimum atomic E-state index is -1.27. The Bertz CT molecular complexity index is 1620. The Morgan fingerprint density at radius 3 is 2.23 bits per heavy atom. The number of benzene rings is 2. The van der Waals surface area contributed by atoms with Crippen molar-refractivity contribution in [3.63, 3.8) is 0 Å². The second-order valence-electron chi connectivity index (χ2n) is 14.8. The lowest BCUT2D eigenvalue weighted by molar-refractivity contribution is -0.129. The predicted molar refractivity (Wildman–Crippen MR) is 196 cm³/mol. The zero-order valence-corrected chi connectivity index (χ0v) is 30.9. The van der Waals surface area contributed by atoms with Crippen LogP contribution in [0.25, 0.3) is 11.1 Å². The fourth-order valence-corrected chi connectivity index (χ4v) is 6.74. The van der Waals surface area contributed by atoms with E-state index in [0.717, 1.165) is 29.5 Å². The molecule has 0 spiro atoms. The number of aliphatic hydroxyl groups is 2. The van der Waals surface area contributed by atoms with Gasteiger partial charge in [-0.3, -0.25) is 9.59 Å². The van der Waals surface area contributed by atoms with Crippen LogP contribution in [0.5, 0.6) is 5.88 Å². The number of carbonyl (C=O) groups is 3. The maximum atomic E-state index is 14.9. The zero-order chi connectivity index (χ0) is 38.0. The number of ether oxygens (including phenoxy) is 2. The van der Waals surface area contributed by atoms with Crippen LogP contribution in [0, 0.1) is 23.1 Å². The van der Waals surface area contributed by atoms with Gasteiger partial charge in [-0.2, -0.15) is 0 Å². The van der Waals surface area contributed by atoms with E-state index in [1.54, 1.807) is 58.3 Å². The summed E-state index contributed by atoms with van der Waals surface area (Å²) in [5, 5.41) is 31.2. The Morgan fingerprint density at radius 2 is 1.63 bits per heavy atom. The minimum Gasteiger partial charge on any atom is -0.481 e. The number of pyridine rings is 1. The molecule has 5 N–H and O–H groups in total. The van der Waals surface area contributed by atoms with E-state index in [4.69, 9.17) is 9.47 Å². The molecule has 0 bridgehead atoms. The van der Waals surface area contributed by atoms with Crippen molar-refractivity contribution in [3.05, 3.63) is 83.8 Å². The molecule has 1 aromatic heterocycles. The van der Waals surface area contributed by atoms with Crippen molar-refractivity contribution in [2.24, 2.45) is 17.3 Å². The summed E-state index contributed by atoms with van der Waals surface area (Å²) < 4.78 is 24.9. The largest absolute Gasteiger partial charge is 0.481 e. The van der Waals surface area contributed by atoms with Gasteiger partial charge in [0.05, 0.1) is 38.5 Å². The Kier molecular flexibility index (Phi) is 14.1. The lowest BCUT2D eigenvalue weighted by atomic mass is 9.82. The van der Waals surface area contributed by atoms with Gasteiger partial charge in [0.25, 0.3) is 0 Å². The summed E-state index contributed by atoms with van der Waals surface area (Å²) >= 11 is 0. The van der Waals surface area contributed by atoms with Crippen LogP contribution in [0.15, 0.2) is 66.9 Å². The number of hydrogen-bond donors (Lipinski definition) is 5. The summed E-state index contributed by atoms with van der Waals surface area (Å²) in [6.07, 6.45) is 1.24. The Labute approximate surface area is 305 Å². The van der Waals surface area contributed by atoms with E-state index in [-0.39, 0.29) is 25.2 Å². The maximum Gasteiger partial charge on any atom is 0.407 e. The molecule has 3 amide bonds. The predicted octanol–water partition coefficient (Wildman–Crippen LogP) is 4.97. The fraction of sp³-hybridized carbons (Fsp3) is 0.500. The molecule has 2 aromatic carbocycles. The Balaban J connectivity index is 1.64. The highest BCUT2D eigenvalue weighted by Crippen LogP contribution is 2.28. The van der Waals surface area contributed by atoms with Gasteiger partial charge in [-0.25, -0.2) is 14.2 Å². The van der Waals surface area contributed by atoms with E-state index in [1.165, 1.54) is 13.2 Å². The average Bonchev–Trinajstić information content (AvgIpc) is 3.12. The van der Waals surface area contributed by atoms with Crippen LogP contribution in [0.2, 0.25) is 0 Å². The molecular weight excluding hydrogens is 667 g/mol. The number of nitrogens with one attached hydrogen (secondary N) is 3. The van der Waals surface area contributed by atoms with E-state index in [1.807, 2.05) is 37.3 Å². The molecule has 7 atom stereocenters. The van der Waals surface area contributed by atoms with E-state index < -0.39 is 65.4 Å². The average molecular weight is 721 g/mol. The van der Waals surface area contributed by atoms with Crippen LogP contribution < -0.4 is 20.7 Å². The molecule has 1 heterocycles. The third-order valence-corrected chi connectivity index (χ3v) is 9.87. The zero-order valence-electron chi connectivity index (χ0n) is 30.9. The highest BCUT2D eigenvalue weighted by Gasteiger charge is 2.37. The van der Waals surface area contributed by atoms with Gasteiger partial charge < -0.3 is 35.6 Å². The number of hydrogen-bond acceptors (Lipinski definition) is 8. The summed E-state index contributed by atoms with van der Waals surface area (Å²) in [6.45, 7) is 7.35. The van der Waals surface area contributed by atoms with Gasteiger partial charge in [0, 0.05) is 23.7 Å². The molecule has 0 aliphatic heterocycles. The summed E-state index contributed by atoms with van der Waals surface area (Å²) in [5.74, 6) is -1.80. The van der Waals surface area contributed by atoms with Crippen LogP contribution in [0.4, 0.5) is 9.18 Å². The van der Waals surface area contributed by atoms with Crippen molar-refractivity contribution >= 4 is 17.9 Å². The smallest absolute Gasteiger partial charge is 0.407 e.